The number of hydrogen-bond donors (Lipinski definition) is 1. The molecule has 1 aromatic carbocycles. The van der Waals surface area contributed by atoms with Gasteiger partial charge in [-0.05, 0) is 25.1 Å². The van der Waals surface area contributed by atoms with Crippen molar-refractivity contribution in [3.05, 3.63) is 23.8 Å². The van der Waals surface area contributed by atoms with Crippen LogP contribution in [0.2, 0.25) is 0 Å². The second-order valence-electron chi connectivity index (χ2n) is 5.32. The molecule has 1 heterocycles. The van der Waals surface area contributed by atoms with Crippen molar-refractivity contribution in [2.75, 3.05) is 39.2 Å². The molecule has 0 bridgehead atoms. The van der Waals surface area contributed by atoms with Crippen molar-refractivity contribution < 1.29 is 33.4 Å². The van der Waals surface area contributed by atoms with Crippen molar-refractivity contribution >= 4 is 34.8 Å². The molecule has 0 spiro atoms. The fourth-order valence-electron chi connectivity index (χ4n) is 2.24. The van der Waals surface area contributed by atoms with Crippen LogP contribution in [0.4, 0.5) is 4.79 Å². The number of nitrogens with zero attached hydrogens (tertiary/aromatic N) is 1. The summed E-state index contributed by atoms with van der Waals surface area (Å²) in [6.07, 6.45) is 0. The average molecular weight is 396 g/mol. The molecule has 146 valence electrons. The highest BCUT2D eigenvalue weighted by atomic mass is 32.2. The molecule has 0 radical (unpaired) electrons. The van der Waals surface area contributed by atoms with Gasteiger partial charge in [-0.25, -0.2) is 4.79 Å². The van der Waals surface area contributed by atoms with E-state index >= 15 is 0 Å². The highest BCUT2D eigenvalue weighted by Crippen LogP contribution is 2.28. The number of rotatable bonds is 9. The van der Waals surface area contributed by atoms with E-state index < -0.39 is 18.5 Å². The number of esters is 1. The minimum absolute atomic E-state index is 0.0838. The zero-order chi connectivity index (χ0) is 19.8. The smallest absolute Gasteiger partial charge is 0.338 e. The largest absolute Gasteiger partial charge is 0.493 e. The number of thioether (sulfide) groups is 1. The lowest BCUT2D eigenvalue weighted by atomic mass is 10.2. The Bertz CT molecular complexity index is 722. The van der Waals surface area contributed by atoms with E-state index in [9.17, 15) is 19.2 Å². The zero-order valence-electron chi connectivity index (χ0n) is 15.0. The van der Waals surface area contributed by atoms with Crippen LogP contribution in [0.25, 0.3) is 0 Å². The number of amides is 3. The van der Waals surface area contributed by atoms with Gasteiger partial charge in [0.15, 0.2) is 18.1 Å². The molecule has 3 amide bonds. The summed E-state index contributed by atoms with van der Waals surface area (Å²) in [4.78, 5) is 47.7. The van der Waals surface area contributed by atoms with Gasteiger partial charge in [-0.1, -0.05) is 11.8 Å². The van der Waals surface area contributed by atoms with Crippen LogP contribution in [0.15, 0.2) is 18.2 Å². The third kappa shape index (κ3) is 5.61. The lowest BCUT2D eigenvalue weighted by Gasteiger charge is -2.13. The van der Waals surface area contributed by atoms with E-state index in [1.165, 1.54) is 19.2 Å². The first-order valence-corrected chi connectivity index (χ1v) is 9.16. The molecule has 27 heavy (non-hydrogen) atoms. The molecule has 9 nitrogen and oxygen atoms in total. The molecule has 1 saturated heterocycles. The summed E-state index contributed by atoms with van der Waals surface area (Å²) in [5.74, 6) is -0.501. The molecule has 2 rings (SSSR count). The fraction of sp³-hybridized carbons (Fsp3) is 0.412. The van der Waals surface area contributed by atoms with E-state index in [2.05, 4.69) is 5.32 Å². The highest BCUT2D eigenvalue weighted by Gasteiger charge is 2.29. The summed E-state index contributed by atoms with van der Waals surface area (Å²) in [5, 5.41) is 2.16. The number of carbonyl (C=O) groups excluding carboxylic acids is 4. The second-order valence-corrected chi connectivity index (χ2v) is 6.25. The molecule has 0 aromatic heterocycles. The van der Waals surface area contributed by atoms with E-state index in [0.717, 1.165) is 16.7 Å². The summed E-state index contributed by atoms with van der Waals surface area (Å²) in [7, 11) is 1.45. The SMILES string of the molecule is CCOc1ccc(C(=O)OCC(=O)NCCN2C(=O)CSC2=O)cc1OC. The van der Waals surface area contributed by atoms with Crippen LogP contribution in [-0.4, -0.2) is 67.1 Å². The first kappa shape index (κ1) is 20.6. The number of carbonyl (C=O) groups is 4. The van der Waals surface area contributed by atoms with Crippen molar-refractivity contribution in [1.82, 2.24) is 10.2 Å². The summed E-state index contributed by atoms with van der Waals surface area (Å²) >= 11 is 0.927. The monoisotopic (exact) mass is 396 g/mol. The standard InChI is InChI=1S/C17H20N2O7S/c1-3-25-12-5-4-11(8-13(12)24-2)16(22)26-9-14(20)18-6-7-19-15(21)10-27-17(19)23/h4-5,8H,3,6-7,9-10H2,1-2H3,(H,18,20). The van der Waals surface area contributed by atoms with Gasteiger partial charge < -0.3 is 19.5 Å². The van der Waals surface area contributed by atoms with Crippen LogP contribution in [-0.2, 0) is 14.3 Å². The molecule has 1 aliphatic heterocycles. The van der Waals surface area contributed by atoms with Crippen LogP contribution in [0.1, 0.15) is 17.3 Å². The van der Waals surface area contributed by atoms with Crippen molar-refractivity contribution in [1.29, 1.82) is 0 Å². The van der Waals surface area contributed by atoms with Gasteiger partial charge in [-0.15, -0.1) is 0 Å². The topological polar surface area (TPSA) is 111 Å². The molecule has 1 N–H and O–H groups in total. The Balaban J connectivity index is 1.78. The minimum atomic E-state index is -0.687. The Hall–Kier alpha value is -2.75. The normalized spacial score (nSPS) is 13.5. The van der Waals surface area contributed by atoms with E-state index in [-0.39, 0.29) is 35.6 Å². The highest BCUT2D eigenvalue weighted by molar-refractivity contribution is 8.14. The average Bonchev–Trinajstić information content (AvgIpc) is 2.98. The lowest BCUT2D eigenvalue weighted by molar-refractivity contribution is -0.126. The Morgan fingerprint density at radius 2 is 2.04 bits per heavy atom. The molecule has 1 aliphatic rings. The van der Waals surface area contributed by atoms with Gasteiger partial charge in [0.05, 0.1) is 25.0 Å². The Labute approximate surface area is 160 Å². The zero-order valence-corrected chi connectivity index (χ0v) is 15.8. The third-order valence-electron chi connectivity index (χ3n) is 3.53. The maximum absolute atomic E-state index is 12.1. The number of nitrogens with one attached hydrogen (secondary N) is 1. The van der Waals surface area contributed by atoms with Gasteiger partial charge in [-0.3, -0.25) is 19.3 Å². The van der Waals surface area contributed by atoms with Gasteiger partial charge in [0.2, 0.25) is 5.91 Å². The molecule has 10 heteroatoms. The maximum Gasteiger partial charge on any atom is 0.338 e. The van der Waals surface area contributed by atoms with Crippen LogP contribution >= 0.6 is 11.8 Å². The van der Waals surface area contributed by atoms with Crippen molar-refractivity contribution in [2.24, 2.45) is 0 Å². The van der Waals surface area contributed by atoms with Gasteiger partial charge in [0, 0.05) is 13.1 Å². The van der Waals surface area contributed by atoms with Crippen LogP contribution in [0.3, 0.4) is 0 Å². The molecule has 0 atom stereocenters. The number of hydrogen-bond acceptors (Lipinski definition) is 8. The van der Waals surface area contributed by atoms with E-state index in [0.29, 0.717) is 18.1 Å². The van der Waals surface area contributed by atoms with Crippen molar-refractivity contribution in [3.63, 3.8) is 0 Å². The quantitative estimate of drug-likeness (QED) is 0.617. The summed E-state index contributed by atoms with van der Waals surface area (Å²) in [6, 6.07) is 4.56. The molecule has 0 aliphatic carbocycles. The Morgan fingerprint density at radius 1 is 1.26 bits per heavy atom. The Morgan fingerprint density at radius 3 is 2.67 bits per heavy atom. The van der Waals surface area contributed by atoms with Gasteiger partial charge in [0.25, 0.3) is 11.1 Å². The first-order chi connectivity index (χ1) is 13.0. The molecule has 1 aromatic rings. The summed E-state index contributed by atoms with van der Waals surface area (Å²) < 4.78 is 15.5. The number of ether oxygens (including phenoxy) is 3. The minimum Gasteiger partial charge on any atom is -0.493 e. The third-order valence-corrected chi connectivity index (χ3v) is 4.39. The first-order valence-electron chi connectivity index (χ1n) is 8.18. The lowest BCUT2D eigenvalue weighted by Crippen LogP contribution is -2.38. The van der Waals surface area contributed by atoms with Gasteiger partial charge >= 0.3 is 5.97 Å². The van der Waals surface area contributed by atoms with Crippen molar-refractivity contribution in [3.8, 4) is 11.5 Å². The molecule has 1 fully saturated rings. The number of imide groups is 1. The van der Waals surface area contributed by atoms with Crippen LogP contribution < -0.4 is 14.8 Å². The molecular formula is C17H20N2O7S. The van der Waals surface area contributed by atoms with E-state index in [1.807, 2.05) is 6.92 Å². The van der Waals surface area contributed by atoms with Gasteiger partial charge in [-0.2, -0.15) is 0 Å². The molecule has 0 unspecified atom stereocenters. The Kier molecular flexibility index (Phi) is 7.47. The summed E-state index contributed by atoms with van der Waals surface area (Å²) in [6.45, 7) is 1.97. The maximum atomic E-state index is 12.1. The fourth-order valence-corrected chi connectivity index (χ4v) is 2.99. The van der Waals surface area contributed by atoms with Gasteiger partial charge in [0.1, 0.15) is 0 Å². The predicted octanol–water partition coefficient (Wildman–Crippen LogP) is 1.06. The van der Waals surface area contributed by atoms with E-state index in [4.69, 9.17) is 14.2 Å². The number of methoxy groups -OCH3 is 1. The summed E-state index contributed by atoms with van der Waals surface area (Å²) in [5.41, 5.74) is 0.216. The van der Waals surface area contributed by atoms with Crippen molar-refractivity contribution in [2.45, 2.75) is 6.92 Å². The molecule has 0 saturated carbocycles. The second kappa shape index (κ2) is 9.81. The molecular weight excluding hydrogens is 376 g/mol. The predicted molar refractivity (Wildman–Crippen MR) is 97.0 cm³/mol. The van der Waals surface area contributed by atoms with Crippen LogP contribution in [0, 0.1) is 0 Å². The van der Waals surface area contributed by atoms with Crippen LogP contribution in [0.5, 0.6) is 11.5 Å². The number of benzene rings is 1. The van der Waals surface area contributed by atoms with E-state index in [1.54, 1.807) is 6.07 Å².